The largest absolute Gasteiger partial charge is 0.477 e. The zero-order chi connectivity index (χ0) is 82.4. The van der Waals surface area contributed by atoms with Crippen molar-refractivity contribution in [1.82, 2.24) is 82.9 Å². The number of fused-ring (bicyclic) bond motifs is 4. The molecule has 6 N–H and O–H groups in total. The first-order valence-electron chi connectivity index (χ1n) is 37.1. The van der Waals surface area contributed by atoms with Crippen LogP contribution in [0.5, 0.6) is 0 Å². The highest BCUT2D eigenvalue weighted by Crippen LogP contribution is 2.26. The summed E-state index contributed by atoms with van der Waals surface area (Å²) >= 11 is 29.5. The Balaban J connectivity index is 0.000000191. The van der Waals surface area contributed by atoms with Gasteiger partial charge in [0.1, 0.15) is 65.3 Å². The molecule has 0 radical (unpaired) electrons. The number of hydrogen-bond acceptors (Lipinski definition) is 29. The molecule has 0 spiro atoms. The Morgan fingerprint density at radius 3 is 1.49 bits per heavy atom. The molecule has 1 saturated carbocycles. The summed E-state index contributed by atoms with van der Waals surface area (Å²) in [6.45, 7) is 36.1. The van der Waals surface area contributed by atoms with Crippen LogP contribution < -0.4 is 21.7 Å². The van der Waals surface area contributed by atoms with Gasteiger partial charge in [-0.15, -0.1) is 0 Å². The Hall–Kier alpha value is -8.05. The van der Waals surface area contributed by atoms with Crippen molar-refractivity contribution in [3.05, 3.63) is 103 Å². The molecule has 622 valence electrons. The van der Waals surface area contributed by atoms with E-state index in [1.807, 2.05) is 20.8 Å². The lowest BCUT2D eigenvalue weighted by Gasteiger charge is -2.31. The highest BCUT2D eigenvalue weighted by molar-refractivity contribution is 6.33. The number of carbonyl (C=O) groups excluding carboxylic acids is 5. The number of nitrogens with one attached hydrogen (secondary N) is 1. The number of morpholine rings is 4. The smallest absolute Gasteiger partial charge is 0.416 e. The fourth-order valence-corrected chi connectivity index (χ4v) is 11.6. The van der Waals surface area contributed by atoms with Crippen molar-refractivity contribution in [3.8, 4) is 0 Å². The van der Waals surface area contributed by atoms with Crippen LogP contribution in [0.25, 0.3) is 22.6 Å². The molecular weight excluding hydrogens is 1580 g/mol. The maximum Gasteiger partial charge on any atom is 0.416 e. The van der Waals surface area contributed by atoms with E-state index in [0.29, 0.717) is 107 Å². The number of nitrogens with two attached hydrogens (primary N) is 2. The minimum absolute atomic E-state index is 0.0513. The molecule has 2 amide bonds. The van der Waals surface area contributed by atoms with Crippen LogP contribution in [0.2, 0.25) is 25.8 Å². The number of rotatable bonds is 20. The van der Waals surface area contributed by atoms with E-state index >= 15 is 0 Å². The predicted molar refractivity (Wildman–Crippen MR) is 427 cm³/mol. The Morgan fingerprint density at radius 2 is 0.982 bits per heavy atom. The maximum absolute atomic E-state index is 13.0. The van der Waals surface area contributed by atoms with Gasteiger partial charge < -0.3 is 64.7 Å². The molecular formula is C72H104Cl5N21O15. The van der Waals surface area contributed by atoms with Gasteiger partial charge in [-0.3, -0.25) is 29.3 Å². The van der Waals surface area contributed by atoms with Gasteiger partial charge in [-0.05, 0) is 101 Å². The number of carboxylic acids is 1. The van der Waals surface area contributed by atoms with Crippen LogP contribution in [0, 0.1) is 0 Å². The number of Topliss-reactive ketones (excluding diaryl/α,β-unsaturated/α-hetero) is 1. The summed E-state index contributed by atoms with van der Waals surface area (Å²) in [6.07, 6.45) is 9.90. The summed E-state index contributed by atoms with van der Waals surface area (Å²) in [5, 5.41) is 30.1. The molecule has 0 atom stereocenters. The van der Waals surface area contributed by atoms with Gasteiger partial charge in [0.15, 0.2) is 28.4 Å². The van der Waals surface area contributed by atoms with Crippen LogP contribution in [0.4, 0.5) is 21.2 Å². The lowest BCUT2D eigenvalue weighted by Crippen LogP contribution is -2.45. The average Bonchev–Trinajstić information content (AvgIpc) is 1.66. The number of ketones is 1. The fraction of sp³-hybridized carbons (Fsp3) is 0.583. The average molecular weight is 1680 g/mol. The Kier molecular flexibility index (Phi) is 37.4. The maximum atomic E-state index is 13.0. The number of esters is 2. The Bertz CT molecular complexity index is 4360. The topological polar surface area (TPSA) is 401 Å². The van der Waals surface area contributed by atoms with E-state index in [2.05, 4.69) is 65.2 Å². The van der Waals surface area contributed by atoms with Gasteiger partial charge in [0, 0.05) is 129 Å². The molecule has 0 bridgehead atoms. The number of aromatic carboxylic acids is 1. The number of likely N-dealkylation sites (N-methyl/N-ethyl adjacent to an activating group) is 1. The molecule has 8 aromatic heterocycles. The number of carbonyl (C=O) groups is 6. The predicted octanol–water partition coefficient (Wildman–Crippen LogP) is 8.22. The molecule has 5 aliphatic rings. The molecule has 13 rings (SSSR count). The minimum Gasteiger partial charge on any atom is -0.477 e. The Morgan fingerprint density at radius 1 is 0.558 bits per heavy atom. The zero-order valence-electron chi connectivity index (χ0n) is 65.5. The standard InChI is InChI=1S/C18H24ClN5O5.C15H20ClN5O3.C12H24N2O3.C9H8ClN3O2.C8H5Cl2N3O.C7H16N2O.C3H7N/c1-18(2,3)29-17(27)23(5-4-22-6-8-28-9-7-22)14-10-13(19)21-15-12(16(25)26)11-20-24(14)15;1-2-24-15(22)11-10-18-21-13(9-12(16)19-14(11)21)17-3-4-20-5-7-23-8-6-20;1-12(2,3)17-11(15)13(4)5-6-14-7-9-16-10-8-14;1-2-15-9(14)6-5-11-13-4-3-7(10)12-8(6)13;1-4(14)5-3-11-13-7(10)2-6(9)12-8(5)13;8-2-1-3-9-4-6-10-7-5-9;4-3-1-2-3/h10-11H,4-9H2,1-3H3,(H,25,26);9-10,17H,2-8H2,1H3;5-10H2,1-4H3;3-5H,2H2,1H3;2-3H,1H3;1-8H2;3H,1-2,4H2. The molecule has 113 heavy (non-hydrogen) atoms. The van der Waals surface area contributed by atoms with Gasteiger partial charge in [-0.2, -0.15) is 29.4 Å². The van der Waals surface area contributed by atoms with E-state index in [1.54, 1.807) is 69.4 Å². The molecule has 4 aliphatic heterocycles. The van der Waals surface area contributed by atoms with Crippen molar-refractivity contribution < 1.29 is 71.8 Å². The molecule has 1 aliphatic carbocycles. The lowest BCUT2D eigenvalue weighted by atomic mass is 10.2. The van der Waals surface area contributed by atoms with Crippen LogP contribution in [-0.2, 0) is 37.9 Å². The third-order valence-electron chi connectivity index (χ3n) is 16.6. The van der Waals surface area contributed by atoms with Crippen molar-refractivity contribution >= 4 is 128 Å². The van der Waals surface area contributed by atoms with Crippen molar-refractivity contribution in [2.45, 2.75) is 98.8 Å². The minimum atomic E-state index is -1.18. The third kappa shape index (κ3) is 30.6. The van der Waals surface area contributed by atoms with Crippen molar-refractivity contribution in [2.75, 3.05) is 188 Å². The number of carboxylic acid groups (broad SMARTS) is 1. The van der Waals surface area contributed by atoms with Crippen LogP contribution in [0.1, 0.15) is 123 Å². The highest BCUT2D eigenvalue weighted by atomic mass is 35.5. The van der Waals surface area contributed by atoms with Gasteiger partial charge in [-0.25, -0.2) is 52.9 Å². The fourth-order valence-electron chi connectivity index (χ4n) is 10.7. The second kappa shape index (κ2) is 45.9. The zero-order valence-corrected chi connectivity index (χ0v) is 69.3. The molecule has 0 aromatic carbocycles. The number of anilines is 2. The van der Waals surface area contributed by atoms with Crippen molar-refractivity contribution in [1.29, 1.82) is 0 Å². The molecule has 0 unspecified atom stereocenters. The van der Waals surface area contributed by atoms with Crippen molar-refractivity contribution in [2.24, 2.45) is 11.5 Å². The van der Waals surface area contributed by atoms with Crippen LogP contribution in [0.15, 0.2) is 55.2 Å². The molecule has 5 fully saturated rings. The summed E-state index contributed by atoms with van der Waals surface area (Å²) in [7, 11) is 1.77. The number of ether oxygens (including phenoxy) is 8. The van der Waals surface area contributed by atoms with Gasteiger partial charge in [0.25, 0.3) is 0 Å². The van der Waals surface area contributed by atoms with Crippen molar-refractivity contribution in [3.63, 3.8) is 0 Å². The summed E-state index contributed by atoms with van der Waals surface area (Å²) in [5.74, 6) is -1.23. The summed E-state index contributed by atoms with van der Waals surface area (Å²) < 4.78 is 47.6. The first kappa shape index (κ1) is 92.1. The second-order valence-electron chi connectivity index (χ2n) is 27.8. The SMILES string of the molecule is CC(=O)c1cnn2c(Cl)cc(Cl)nc12.CC(C)(C)OC(=O)N(CCN1CCOCC1)c1cc(Cl)nc2c(C(=O)O)cnn12.CCOC(=O)c1cnn2c(NCCN3CCOCC3)cc(Cl)nc12.CCOC(=O)c1cnn2ccc(Cl)nc12.CN(CCN1CCOCC1)C(=O)OC(C)(C)C.NC1CC1.NCCCN1CCOCC1. The van der Waals surface area contributed by atoms with Gasteiger partial charge >= 0.3 is 30.1 Å². The van der Waals surface area contributed by atoms with E-state index < -0.39 is 35.2 Å². The third-order valence-corrected chi connectivity index (χ3v) is 17.7. The van der Waals surface area contributed by atoms with Crippen LogP contribution >= 0.6 is 58.0 Å². The van der Waals surface area contributed by atoms with E-state index in [-0.39, 0.29) is 39.2 Å². The molecule has 41 heteroatoms. The van der Waals surface area contributed by atoms with E-state index in [0.717, 1.165) is 131 Å². The molecule has 4 saturated heterocycles. The monoisotopic (exact) mass is 1680 g/mol. The number of hydrogen-bond donors (Lipinski definition) is 4. The number of aromatic nitrogens is 12. The van der Waals surface area contributed by atoms with Gasteiger partial charge in [-0.1, -0.05) is 58.0 Å². The highest BCUT2D eigenvalue weighted by Gasteiger charge is 2.30. The lowest BCUT2D eigenvalue weighted by molar-refractivity contribution is 0.0187. The molecule has 12 heterocycles. The van der Waals surface area contributed by atoms with Gasteiger partial charge in [0.05, 0.1) is 96.4 Å². The summed E-state index contributed by atoms with van der Waals surface area (Å²) in [6, 6.07) is 6.80. The molecule has 8 aromatic rings. The first-order valence-corrected chi connectivity index (χ1v) is 39.0. The van der Waals surface area contributed by atoms with E-state index in [9.17, 15) is 33.9 Å². The number of nitrogens with zero attached hydrogens (tertiary/aromatic N) is 18. The number of halogens is 5. The van der Waals surface area contributed by atoms with Crippen LogP contribution in [0.3, 0.4) is 0 Å². The number of amides is 2. The summed E-state index contributed by atoms with van der Waals surface area (Å²) in [5.41, 5.74) is 11.6. The Labute approximate surface area is 680 Å². The van der Waals surface area contributed by atoms with Gasteiger partial charge in [0.2, 0.25) is 0 Å². The van der Waals surface area contributed by atoms with E-state index in [4.69, 9.17) is 107 Å². The van der Waals surface area contributed by atoms with Crippen LogP contribution in [-0.4, -0.2) is 319 Å². The second-order valence-corrected chi connectivity index (χ2v) is 29.8. The first-order chi connectivity index (χ1) is 53.9. The summed E-state index contributed by atoms with van der Waals surface area (Å²) in [4.78, 5) is 99.2. The quantitative estimate of drug-likeness (QED) is 0.0241. The normalized spacial score (nSPS) is 15.5. The van der Waals surface area contributed by atoms with E-state index in [1.165, 1.54) is 75.1 Å². The molecule has 36 nitrogen and oxygen atoms in total.